The Bertz CT molecular complexity index is 1000. The van der Waals surface area contributed by atoms with Gasteiger partial charge in [0.05, 0.1) is 4.92 Å². The van der Waals surface area contributed by atoms with E-state index in [0.717, 1.165) is 23.6 Å². The largest absolute Gasteiger partial charge is 0.364 e. The Morgan fingerprint density at radius 3 is 2.64 bits per heavy atom. The van der Waals surface area contributed by atoms with Gasteiger partial charge in [0.1, 0.15) is 6.33 Å². The summed E-state index contributed by atoms with van der Waals surface area (Å²) in [5, 5.41) is 16.1. The van der Waals surface area contributed by atoms with Crippen LogP contribution in [0.25, 0.3) is 10.8 Å². The zero-order chi connectivity index (χ0) is 19.9. The second kappa shape index (κ2) is 8.76. The first kappa shape index (κ1) is 19.0. The number of nitro groups is 1. The minimum atomic E-state index is -0.583. The Hall–Kier alpha value is -3.75. The Labute approximate surface area is 161 Å². The molecule has 3 N–H and O–H groups in total. The van der Waals surface area contributed by atoms with Crippen molar-refractivity contribution in [3.05, 3.63) is 64.5 Å². The van der Waals surface area contributed by atoms with Gasteiger partial charge >= 0.3 is 5.69 Å². The summed E-state index contributed by atoms with van der Waals surface area (Å²) in [6.45, 7) is 2.57. The highest BCUT2D eigenvalue weighted by atomic mass is 16.6. The molecule has 1 aromatic heterocycles. The van der Waals surface area contributed by atoms with E-state index in [9.17, 15) is 14.9 Å². The number of nitrogens with zero attached hydrogens (tertiary/aromatic N) is 3. The van der Waals surface area contributed by atoms with Crippen molar-refractivity contribution < 1.29 is 9.72 Å². The third-order valence-corrected chi connectivity index (χ3v) is 4.16. The molecule has 0 saturated carbocycles. The number of amides is 1. The molecule has 0 spiro atoms. The van der Waals surface area contributed by atoms with Crippen LogP contribution in [0.1, 0.15) is 30.1 Å². The number of benzene rings is 2. The second-order valence-electron chi connectivity index (χ2n) is 6.06. The highest BCUT2D eigenvalue weighted by Crippen LogP contribution is 2.28. The Balaban J connectivity index is 1.81. The molecule has 3 aromatic rings. The zero-order valence-electron chi connectivity index (χ0n) is 15.3. The Morgan fingerprint density at radius 2 is 1.86 bits per heavy atom. The van der Waals surface area contributed by atoms with Gasteiger partial charge in [0, 0.05) is 12.1 Å². The van der Waals surface area contributed by atoms with Crippen LogP contribution >= 0.6 is 0 Å². The van der Waals surface area contributed by atoms with E-state index in [-0.39, 0.29) is 17.3 Å². The predicted octanol–water partition coefficient (Wildman–Crippen LogP) is 3.51. The first-order valence-electron chi connectivity index (χ1n) is 8.89. The normalized spacial score (nSPS) is 10.5. The number of rotatable bonds is 8. The number of carbonyl (C=O) groups excluding carboxylic acids is 1. The van der Waals surface area contributed by atoms with Crippen LogP contribution in [0.3, 0.4) is 0 Å². The van der Waals surface area contributed by atoms with Crippen LogP contribution in [0.2, 0.25) is 0 Å². The molecule has 0 aliphatic carbocycles. The standard InChI is InChI=1S/C19H20N6O3/c1-2-3-11-20-17-16(25(27)28)18(22-12-21-17)23-24-19(26)15-10-6-8-13-7-4-5-9-14(13)15/h4-10,12H,2-3,11H2,1H3,(H,24,26)(H2,20,21,22,23). The van der Waals surface area contributed by atoms with Gasteiger partial charge in [0.25, 0.3) is 5.91 Å². The topological polar surface area (TPSA) is 122 Å². The summed E-state index contributed by atoms with van der Waals surface area (Å²) in [5.74, 6) is -0.409. The van der Waals surface area contributed by atoms with Gasteiger partial charge in [0.2, 0.25) is 11.6 Å². The van der Waals surface area contributed by atoms with Gasteiger partial charge < -0.3 is 5.32 Å². The molecule has 0 unspecified atom stereocenters. The van der Waals surface area contributed by atoms with Crippen molar-refractivity contribution in [1.29, 1.82) is 0 Å². The van der Waals surface area contributed by atoms with E-state index in [4.69, 9.17) is 0 Å². The second-order valence-corrected chi connectivity index (χ2v) is 6.06. The maximum absolute atomic E-state index is 12.6. The highest BCUT2D eigenvalue weighted by molar-refractivity contribution is 6.07. The van der Waals surface area contributed by atoms with Crippen molar-refractivity contribution in [1.82, 2.24) is 15.4 Å². The summed E-state index contributed by atoms with van der Waals surface area (Å²) < 4.78 is 0. The molecule has 1 heterocycles. The number of nitrogens with one attached hydrogen (secondary N) is 3. The average molecular weight is 380 g/mol. The monoisotopic (exact) mass is 380 g/mol. The fraction of sp³-hybridized carbons (Fsp3) is 0.211. The minimum absolute atomic E-state index is 0.0902. The molecule has 0 radical (unpaired) electrons. The van der Waals surface area contributed by atoms with Crippen LogP contribution in [0, 0.1) is 10.1 Å². The first-order chi connectivity index (χ1) is 13.6. The van der Waals surface area contributed by atoms with Crippen LogP contribution in [-0.4, -0.2) is 27.3 Å². The lowest BCUT2D eigenvalue weighted by molar-refractivity contribution is -0.383. The van der Waals surface area contributed by atoms with E-state index in [0.29, 0.717) is 12.1 Å². The Kier molecular flexibility index (Phi) is 5.95. The van der Waals surface area contributed by atoms with Gasteiger partial charge in [-0.3, -0.25) is 25.8 Å². The lowest BCUT2D eigenvalue weighted by Gasteiger charge is -2.11. The molecule has 0 aliphatic heterocycles. The molecular formula is C19H20N6O3. The number of unbranched alkanes of at least 4 members (excludes halogenated alkanes) is 1. The molecule has 0 saturated heterocycles. The molecule has 3 rings (SSSR count). The van der Waals surface area contributed by atoms with Crippen LogP contribution in [0.5, 0.6) is 0 Å². The fourth-order valence-electron chi connectivity index (χ4n) is 2.76. The van der Waals surface area contributed by atoms with E-state index >= 15 is 0 Å². The predicted molar refractivity (Wildman–Crippen MR) is 107 cm³/mol. The number of fused-ring (bicyclic) bond motifs is 1. The summed E-state index contributed by atoms with van der Waals surface area (Å²) in [4.78, 5) is 31.4. The quantitative estimate of drug-likeness (QED) is 0.310. The van der Waals surface area contributed by atoms with E-state index in [1.807, 2.05) is 37.3 Å². The molecule has 0 fully saturated rings. The maximum Gasteiger partial charge on any atom is 0.354 e. The van der Waals surface area contributed by atoms with E-state index in [1.165, 1.54) is 6.33 Å². The first-order valence-corrected chi connectivity index (χ1v) is 8.89. The number of anilines is 2. The lowest BCUT2D eigenvalue weighted by atomic mass is 10.0. The van der Waals surface area contributed by atoms with Gasteiger partial charge in [-0.25, -0.2) is 9.97 Å². The van der Waals surface area contributed by atoms with Crippen molar-refractivity contribution in [3.8, 4) is 0 Å². The van der Waals surface area contributed by atoms with Crippen LogP contribution in [-0.2, 0) is 0 Å². The summed E-state index contributed by atoms with van der Waals surface area (Å²) in [6.07, 6.45) is 2.99. The number of aromatic nitrogens is 2. The summed E-state index contributed by atoms with van der Waals surface area (Å²) in [5.41, 5.74) is 5.17. The summed E-state index contributed by atoms with van der Waals surface area (Å²) >= 11 is 0. The average Bonchev–Trinajstić information content (AvgIpc) is 2.71. The van der Waals surface area contributed by atoms with Gasteiger partial charge in [0.15, 0.2) is 0 Å². The third-order valence-electron chi connectivity index (χ3n) is 4.16. The fourth-order valence-corrected chi connectivity index (χ4v) is 2.76. The third kappa shape index (κ3) is 4.14. The van der Waals surface area contributed by atoms with Crippen molar-refractivity contribution in [2.45, 2.75) is 19.8 Å². The van der Waals surface area contributed by atoms with Crippen LogP contribution < -0.4 is 16.2 Å². The van der Waals surface area contributed by atoms with Gasteiger partial charge in [-0.15, -0.1) is 0 Å². The zero-order valence-corrected chi connectivity index (χ0v) is 15.3. The smallest absolute Gasteiger partial charge is 0.354 e. The number of carbonyl (C=O) groups is 1. The van der Waals surface area contributed by atoms with Crippen molar-refractivity contribution >= 4 is 34.0 Å². The van der Waals surface area contributed by atoms with Gasteiger partial charge in [-0.2, -0.15) is 0 Å². The van der Waals surface area contributed by atoms with Gasteiger partial charge in [-0.05, 0) is 23.3 Å². The number of hydrogen-bond acceptors (Lipinski definition) is 7. The Morgan fingerprint density at radius 1 is 1.11 bits per heavy atom. The number of hydrogen-bond donors (Lipinski definition) is 3. The molecule has 28 heavy (non-hydrogen) atoms. The molecule has 0 bridgehead atoms. The van der Waals surface area contributed by atoms with Crippen LogP contribution in [0.15, 0.2) is 48.8 Å². The van der Waals surface area contributed by atoms with Gasteiger partial charge in [-0.1, -0.05) is 49.7 Å². The number of hydrazine groups is 1. The SMILES string of the molecule is CCCCNc1ncnc(NNC(=O)c2cccc3ccccc23)c1[N+](=O)[O-]. The van der Waals surface area contributed by atoms with E-state index < -0.39 is 10.8 Å². The van der Waals surface area contributed by atoms with E-state index in [2.05, 4.69) is 26.1 Å². The van der Waals surface area contributed by atoms with Crippen molar-refractivity contribution in [2.75, 3.05) is 17.3 Å². The van der Waals surface area contributed by atoms with Crippen LogP contribution in [0.4, 0.5) is 17.3 Å². The highest BCUT2D eigenvalue weighted by Gasteiger charge is 2.23. The molecule has 0 atom stereocenters. The molecule has 9 heteroatoms. The van der Waals surface area contributed by atoms with E-state index in [1.54, 1.807) is 12.1 Å². The molecule has 9 nitrogen and oxygen atoms in total. The minimum Gasteiger partial charge on any atom is -0.364 e. The molecule has 0 aliphatic rings. The molecule has 144 valence electrons. The van der Waals surface area contributed by atoms with Crippen molar-refractivity contribution in [2.24, 2.45) is 0 Å². The molecule has 1 amide bonds. The maximum atomic E-state index is 12.6. The molecule has 2 aromatic carbocycles. The summed E-state index contributed by atoms with van der Waals surface area (Å²) in [7, 11) is 0. The lowest BCUT2D eigenvalue weighted by Crippen LogP contribution is -2.30. The van der Waals surface area contributed by atoms with Crippen molar-refractivity contribution in [3.63, 3.8) is 0 Å². The molecular weight excluding hydrogens is 360 g/mol. The summed E-state index contributed by atoms with van der Waals surface area (Å²) in [6, 6.07) is 12.8.